The summed E-state index contributed by atoms with van der Waals surface area (Å²) < 4.78 is 15.3. The van der Waals surface area contributed by atoms with Gasteiger partial charge in [0.05, 0.1) is 12.2 Å². The maximum atomic E-state index is 13.6. The second kappa shape index (κ2) is 6.71. The Morgan fingerprint density at radius 2 is 2.00 bits per heavy atom. The summed E-state index contributed by atoms with van der Waals surface area (Å²) in [6.07, 6.45) is 3.16. The molecule has 2 aromatic carbocycles. The summed E-state index contributed by atoms with van der Waals surface area (Å²) in [6, 6.07) is 14.4. The van der Waals surface area contributed by atoms with E-state index in [0.29, 0.717) is 18.8 Å². The predicted octanol–water partition coefficient (Wildman–Crippen LogP) is 2.95. The molecule has 3 rings (SSSR count). The summed E-state index contributed by atoms with van der Waals surface area (Å²) in [5.74, 6) is -0.516. The van der Waals surface area contributed by atoms with E-state index in [2.05, 4.69) is 15.4 Å². The van der Waals surface area contributed by atoms with E-state index < -0.39 is 5.82 Å². The van der Waals surface area contributed by atoms with Crippen LogP contribution in [-0.2, 0) is 13.1 Å². The maximum absolute atomic E-state index is 13.6. The van der Waals surface area contributed by atoms with Crippen molar-refractivity contribution in [3.05, 3.63) is 77.6 Å². The van der Waals surface area contributed by atoms with Crippen LogP contribution in [0.15, 0.2) is 55.1 Å². The number of nitriles is 1. The van der Waals surface area contributed by atoms with Crippen molar-refractivity contribution < 1.29 is 4.39 Å². The summed E-state index contributed by atoms with van der Waals surface area (Å²) >= 11 is 0. The van der Waals surface area contributed by atoms with E-state index in [1.54, 1.807) is 23.1 Å². The fourth-order valence-electron chi connectivity index (χ4n) is 2.32. The third-order valence-electron chi connectivity index (χ3n) is 3.41. The highest BCUT2D eigenvalue weighted by molar-refractivity contribution is 5.58. The van der Waals surface area contributed by atoms with E-state index in [0.717, 1.165) is 11.1 Å². The number of rotatable bonds is 5. The van der Waals surface area contributed by atoms with E-state index in [1.165, 1.54) is 12.4 Å². The molecule has 0 saturated carbocycles. The van der Waals surface area contributed by atoms with Gasteiger partial charge in [0, 0.05) is 6.54 Å². The van der Waals surface area contributed by atoms with Crippen molar-refractivity contribution in [2.45, 2.75) is 13.1 Å². The van der Waals surface area contributed by atoms with Crippen LogP contribution in [0.3, 0.4) is 0 Å². The van der Waals surface area contributed by atoms with Crippen LogP contribution in [0.2, 0.25) is 0 Å². The largest absolute Gasteiger partial charge is 0.380 e. The lowest BCUT2D eigenvalue weighted by molar-refractivity contribution is 0.624. The molecule has 23 heavy (non-hydrogen) atoms. The van der Waals surface area contributed by atoms with E-state index in [9.17, 15) is 4.39 Å². The van der Waals surface area contributed by atoms with Crippen LogP contribution in [0.25, 0.3) is 0 Å². The van der Waals surface area contributed by atoms with Crippen molar-refractivity contribution in [3.8, 4) is 6.07 Å². The Hall–Kier alpha value is -3.20. The zero-order valence-electron chi connectivity index (χ0n) is 12.3. The van der Waals surface area contributed by atoms with Crippen LogP contribution >= 0.6 is 0 Å². The molecule has 1 N–H and O–H groups in total. The fraction of sp³-hybridized carbons (Fsp3) is 0.118. The lowest BCUT2D eigenvalue weighted by Crippen LogP contribution is -2.04. The third-order valence-corrected chi connectivity index (χ3v) is 3.41. The first kappa shape index (κ1) is 14.7. The van der Waals surface area contributed by atoms with Crippen LogP contribution in [0, 0.1) is 17.1 Å². The van der Waals surface area contributed by atoms with Gasteiger partial charge in [-0.3, -0.25) is 0 Å². The molecule has 0 aliphatic heterocycles. The molecule has 0 unspecified atom stereocenters. The number of anilines is 1. The molecule has 3 aromatic rings. The standard InChI is InChI=1S/C17H14FN5/c18-16-5-2-6-17(15(16)8-19)21-9-13-3-1-4-14(7-13)10-23-12-20-11-22-23/h1-7,11-12,21H,9-10H2. The minimum atomic E-state index is -0.516. The SMILES string of the molecule is N#Cc1c(F)cccc1NCc1cccc(Cn2cncn2)c1. The summed E-state index contributed by atoms with van der Waals surface area (Å²) in [7, 11) is 0. The van der Waals surface area contributed by atoms with E-state index >= 15 is 0 Å². The number of benzene rings is 2. The van der Waals surface area contributed by atoms with Crippen molar-refractivity contribution in [2.24, 2.45) is 0 Å². The molecule has 0 atom stereocenters. The average molecular weight is 307 g/mol. The Morgan fingerprint density at radius 3 is 2.78 bits per heavy atom. The van der Waals surface area contributed by atoms with Gasteiger partial charge in [0.1, 0.15) is 30.1 Å². The van der Waals surface area contributed by atoms with Crippen molar-refractivity contribution in [3.63, 3.8) is 0 Å². The highest BCUT2D eigenvalue weighted by Crippen LogP contribution is 2.19. The predicted molar refractivity (Wildman–Crippen MR) is 84.0 cm³/mol. The molecule has 114 valence electrons. The van der Waals surface area contributed by atoms with Crippen LogP contribution in [0.4, 0.5) is 10.1 Å². The lowest BCUT2D eigenvalue weighted by Gasteiger charge is -2.10. The van der Waals surface area contributed by atoms with Gasteiger partial charge in [-0.25, -0.2) is 14.1 Å². The minimum absolute atomic E-state index is 0.0336. The zero-order valence-corrected chi connectivity index (χ0v) is 12.3. The number of aromatic nitrogens is 3. The van der Waals surface area contributed by atoms with Gasteiger partial charge in [0.15, 0.2) is 0 Å². The molecule has 0 radical (unpaired) electrons. The number of hydrogen-bond donors (Lipinski definition) is 1. The first-order valence-electron chi connectivity index (χ1n) is 7.09. The zero-order chi connectivity index (χ0) is 16.1. The first-order chi connectivity index (χ1) is 11.3. The second-order valence-electron chi connectivity index (χ2n) is 5.04. The molecule has 0 aliphatic carbocycles. The Morgan fingerprint density at radius 1 is 1.17 bits per heavy atom. The van der Waals surface area contributed by atoms with E-state index in [1.807, 2.05) is 30.3 Å². The summed E-state index contributed by atoms with van der Waals surface area (Å²) in [6.45, 7) is 1.14. The molecular formula is C17H14FN5. The molecule has 1 heterocycles. The first-order valence-corrected chi connectivity index (χ1v) is 7.09. The van der Waals surface area contributed by atoms with Gasteiger partial charge >= 0.3 is 0 Å². The van der Waals surface area contributed by atoms with Crippen LogP contribution in [-0.4, -0.2) is 14.8 Å². The van der Waals surface area contributed by atoms with Crippen LogP contribution in [0.5, 0.6) is 0 Å². The fourth-order valence-corrected chi connectivity index (χ4v) is 2.32. The number of nitrogens with one attached hydrogen (secondary N) is 1. The molecule has 5 nitrogen and oxygen atoms in total. The molecule has 0 bridgehead atoms. The highest BCUT2D eigenvalue weighted by atomic mass is 19.1. The summed E-state index contributed by atoms with van der Waals surface area (Å²) in [5.41, 5.74) is 2.66. The third kappa shape index (κ3) is 3.52. The van der Waals surface area contributed by atoms with Crippen molar-refractivity contribution in [1.82, 2.24) is 14.8 Å². The molecule has 0 aliphatic rings. The van der Waals surface area contributed by atoms with Crippen LogP contribution in [0.1, 0.15) is 16.7 Å². The van der Waals surface area contributed by atoms with Gasteiger partial charge in [-0.05, 0) is 23.3 Å². The Balaban J connectivity index is 1.72. The molecule has 0 saturated heterocycles. The Kier molecular flexibility index (Phi) is 4.29. The normalized spacial score (nSPS) is 10.3. The molecule has 0 amide bonds. The molecule has 1 aromatic heterocycles. The average Bonchev–Trinajstić information content (AvgIpc) is 3.06. The van der Waals surface area contributed by atoms with Gasteiger partial charge in [0.2, 0.25) is 0 Å². The number of hydrogen-bond acceptors (Lipinski definition) is 4. The number of nitrogens with zero attached hydrogens (tertiary/aromatic N) is 4. The topological polar surface area (TPSA) is 66.5 Å². The Bertz CT molecular complexity index is 836. The van der Waals surface area contributed by atoms with Crippen molar-refractivity contribution in [2.75, 3.05) is 5.32 Å². The van der Waals surface area contributed by atoms with Gasteiger partial charge in [0.25, 0.3) is 0 Å². The van der Waals surface area contributed by atoms with Gasteiger partial charge < -0.3 is 5.32 Å². The Labute approximate surface area is 133 Å². The maximum Gasteiger partial charge on any atom is 0.143 e. The molecule has 0 fully saturated rings. The van der Waals surface area contributed by atoms with Crippen LogP contribution < -0.4 is 5.32 Å². The van der Waals surface area contributed by atoms with Crippen molar-refractivity contribution in [1.29, 1.82) is 5.26 Å². The van der Waals surface area contributed by atoms with E-state index in [4.69, 9.17) is 5.26 Å². The van der Waals surface area contributed by atoms with Crippen molar-refractivity contribution >= 4 is 5.69 Å². The molecule has 0 spiro atoms. The highest BCUT2D eigenvalue weighted by Gasteiger charge is 2.07. The number of halogens is 1. The second-order valence-corrected chi connectivity index (χ2v) is 5.04. The monoisotopic (exact) mass is 307 g/mol. The van der Waals surface area contributed by atoms with Gasteiger partial charge in [-0.1, -0.05) is 30.3 Å². The molecular weight excluding hydrogens is 293 g/mol. The van der Waals surface area contributed by atoms with Gasteiger partial charge in [-0.15, -0.1) is 0 Å². The summed E-state index contributed by atoms with van der Waals surface area (Å²) in [4.78, 5) is 3.92. The smallest absolute Gasteiger partial charge is 0.143 e. The van der Waals surface area contributed by atoms with E-state index in [-0.39, 0.29) is 5.56 Å². The minimum Gasteiger partial charge on any atom is -0.380 e. The molecule has 6 heteroatoms. The quantitative estimate of drug-likeness (QED) is 0.787. The summed E-state index contributed by atoms with van der Waals surface area (Å²) in [5, 5.41) is 16.2. The lowest BCUT2D eigenvalue weighted by atomic mass is 10.1. The van der Waals surface area contributed by atoms with Gasteiger partial charge in [-0.2, -0.15) is 10.4 Å².